The minimum atomic E-state index is -1.82. The molecule has 0 aliphatic carbocycles. The SMILES string of the molecule is COc1ccccc1CNCC(=O)N1CC(=O)Nc2ccccc21.O=C(O)C(=O)O. The number of nitrogens with one attached hydrogen (secondary N) is 2. The average molecular weight is 415 g/mol. The van der Waals surface area contributed by atoms with Crippen LogP contribution in [0.5, 0.6) is 5.75 Å². The Hall–Kier alpha value is -3.92. The monoisotopic (exact) mass is 415 g/mol. The molecule has 1 aliphatic heterocycles. The van der Waals surface area contributed by atoms with Gasteiger partial charge in [-0.3, -0.25) is 14.5 Å². The Morgan fingerprint density at radius 2 is 1.70 bits per heavy atom. The first-order valence-electron chi connectivity index (χ1n) is 8.81. The van der Waals surface area contributed by atoms with Crippen LogP contribution in [0.3, 0.4) is 0 Å². The number of nitrogens with zero attached hydrogens (tertiary/aromatic N) is 1. The van der Waals surface area contributed by atoms with E-state index in [1.165, 1.54) is 4.90 Å². The van der Waals surface area contributed by atoms with Crippen molar-refractivity contribution in [3.05, 3.63) is 54.1 Å². The highest BCUT2D eigenvalue weighted by molar-refractivity contribution is 6.27. The number of carbonyl (C=O) groups is 4. The summed E-state index contributed by atoms with van der Waals surface area (Å²) in [7, 11) is 1.62. The lowest BCUT2D eigenvalue weighted by molar-refractivity contribution is -0.159. The summed E-state index contributed by atoms with van der Waals surface area (Å²) in [4.78, 5) is 44.0. The van der Waals surface area contributed by atoms with E-state index >= 15 is 0 Å². The first kappa shape index (κ1) is 22.4. The molecule has 10 heteroatoms. The van der Waals surface area contributed by atoms with Crippen molar-refractivity contribution >= 4 is 35.1 Å². The molecule has 0 saturated heterocycles. The van der Waals surface area contributed by atoms with Gasteiger partial charge in [-0.1, -0.05) is 30.3 Å². The topological polar surface area (TPSA) is 145 Å². The summed E-state index contributed by atoms with van der Waals surface area (Å²) in [6.45, 7) is 0.684. The molecule has 3 rings (SSSR count). The van der Waals surface area contributed by atoms with Gasteiger partial charge in [0.2, 0.25) is 11.8 Å². The fourth-order valence-corrected chi connectivity index (χ4v) is 2.70. The molecule has 0 radical (unpaired) electrons. The number of fused-ring (bicyclic) bond motifs is 1. The summed E-state index contributed by atoms with van der Waals surface area (Å²) in [6, 6.07) is 14.9. The van der Waals surface area contributed by atoms with E-state index in [9.17, 15) is 9.59 Å². The molecule has 30 heavy (non-hydrogen) atoms. The molecule has 10 nitrogen and oxygen atoms in total. The first-order chi connectivity index (χ1) is 14.3. The Kier molecular flexibility index (Phi) is 7.89. The number of para-hydroxylation sites is 3. The van der Waals surface area contributed by atoms with Crippen LogP contribution in [-0.2, 0) is 25.7 Å². The maximum Gasteiger partial charge on any atom is 0.414 e. The van der Waals surface area contributed by atoms with Crippen molar-refractivity contribution in [3.8, 4) is 5.75 Å². The van der Waals surface area contributed by atoms with Crippen molar-refractivity contribution in [2.45, 2.75) is 6.54 Å². The molecule has 1 heterocycles. The molecule has 0 spiro atoms. The van der Waals surface area contributed by atoms with E-state index < -0.39 is 11.9 Å². The van der Waals surface area contributed by atoms with E-state index in [-0.39, 0.29) is 24.9 Å². The molecule has 0 saturated carbocycles. The summed E-state index contributed by atoms with van der Waals surface area (Å²) < 4.78 is 5.29. The van der Waals surface area contributed by atoms with Crippen LogP contribution in [-0.4, -0.2) is 54.2 Å². The van der Waals surface area contributed by atoms with Gasteiger partial charge in [-0.25, -0.2) is 9.59 Å². The molecule has 2 amide bonds. The molecule has 1 aliphatic rings. The third kappa shape index (κ3) is 6.04. The number of amides is 2. The van der Waals surface area contributed by atoms with Gasteiger partial charge >= 0.3 is 11.9 Å². The Labute approximate surface area is 172 Å². The van der Waals surface area contributed by atoms with E-state index in [2.05, 4.69) is 10.6 Å². The first-order valence-corrected chi connectivity index (χ1v) is 8.81. The summed E-state index contributed by atoms with van der Waals surface area (Å²) in [5.41, 5.74) is 2.36. The number of hydrogen-bond acceptors (Lipinski definition) is 6. The Bertz CT molecular complexity index is 934. The van der Waals surface area contributed by atoms with Crippen molar-refractivity contribution < 1.29 is 34.1 Å². The number of ether oxygens (including phenoxy) is 1. The van der Waals surface area contributed by atoms with Gasteiger partial charge in [-0.05, 0) is 18.2 Å². The number of carboxylic acid groups (broad SMARTS) is 2. The molecular weight excluding hydrogens is 394 g/mol. The normalized spacial score (nSPS) is 12.0. The van der Waals surface area contributed by atoms with Crippen LogP contribution in [0.25, 0.3) is 0 Å². The third-order valence-electron chi connectivity index (χ3n) is 4.04. The number of carboxylic acids is 2. The number of methoxy groups -OCH3 is 1. The third-order valence-corrected chi connectivity index (χ3v) is 4.04. The van der Waals surface area contributed by atoms with Gasteiger partial charge in [-0.15, -0.1) is 0 Å². The zero-order valence-corrected chi connectivity index (χ0v) is 16.1. The molecule has 0 atom stereocenters. The Balaban J connectivity index is 0.000000469. The maximum atomic E-state index is 12.5. The lowest BCUT2D eigenvalue weighted by Gasteiger charge is -2.29. The van der Waals surface area contributed by atoms with Gasteiger partial charge in [0.15, 0.2) is 0 Å². The number of carbonyl (C=O) groups excluding carboxylic acids is 2. The fourth-order valence-electron chi connectivity index (χ4n) is 2.70. The van der Waals surface area contributed by atoms with Crippen LogP contribution < -0.4 is 20.3 Å². The fraction of sp³-hybridized carbons (Fsp3) is 0.200. The second kappa shape index (κ2) is 10.6. The molecule has 158 valence electrons. The summed E-state index contributed by atoms with van der Waals surface area (Å²) in [5, 5.41) is 20.7. The highest BCUT2D eigenvalue weighted by Crippen LogP contribution is 2.28. The zero-order chi connectivity index (χ0) is 22.1. The quantitative estimate of drug-likeness (QED) is 0.528. The second-order valence-corrected chi connectivity index (χ2v) is 6.07. The number of benzene rings is 2. The van der Waals surface area contributed by atoms with Crippen LogP contribution in [0.2, 0.25) is 0 Å². The predicted octanol–water partition coefficient (Wildman–Crippen LogP) is 0.926. The highest BCUT2D eigenvalue weighted by atomic mass is 16.5. The predicted molar refractivity (Wildman–Crippen MR) is 107 cm³/mol. The van der Waals surface area contributed by atoms with E-state index in [1.54, 1.807) is 13.2 Å². The summed E-state index contributed by atoms with van der Waals surface area (Å²) >= 11 is 0. The minimum absolute atomic E-state index is 0.0339. The molecular formula is C20H21N3O7. The van der Waals surface area contributed by atoms with Gasteiger partial charge in [0.25, 0.3) is 0 Å². The lowest BCUT2D eigenvalue weighted by Crippen LogP contribution is -2.45. The molecule has 2 aromatic rings. The van der Waals surface area contributed by atoms with Crippen LogP contribution >= 0.6 is 0 Å². The van der Waals surface area contributed by atoms with Crippen molar-refractivity contribution in [2.24, 2.45) is 0 Å². The van der Waals surface area contributed by atoms with Gasteiger partial charge in [-0.2, -0.15) is 0 Å². The largest absolute Gasteiger partial charge is 0.496 e. The molecule has 4 N–H and O–H groups in total. The highest BCUT2D eigenvalue weighted by Gasteiger charge is 2.26. The number of aliphatic carboxylic acids is 2. The van der Waals surface area contributed by atoms with Crippen molar-refractivity contribution in [2.75, 3.05) is 30.4 Å². The number of anilines is 2. The standard InChI is InChI=1S/C18H19N3O3.C2H2O4/c1-24-16-9-5-2-6-13(16)10-19-11-18(23)21-12-17(22)20-14-7-3-4-8-15(14)21;3-1(4)2(5)6/h2-9,19H,10-12H2,1H3,(H,20,22);(H,3,4)(H,5,6). The molecule has 0 fully saturated rings. The van der Waals surface area contributed by atoms with Crippen LogP contribution in [0.4, 0.5) is 11.4 Å². The van der Waals surface area contributed by atoms with Crippen molar-refractivity contribution in [1.29, 1.82) is 0 Å². The van der Waals surface area contributed by atoms with Crippen LogP contribution in [0, 0.1) is 0 Å². The Morgan fingerprint density at radius 3 is 2.37 bits per heavy atom. The van der Waals surface area contributed by atoms with Crippen molar-refractivity contribution in [3.63, 3.8) is 0 Å². The molecule has 2 aromatic carbocycles. The number of hydrogen-bond donors (Lipinski definition) is 4. The van der Waals surface area contributed by atoms with Gasteiger partial charge in [0.1, 0.15) is 12.3 Å². The maximum absolute atomic E-state index is 12.5. The van der Waals surface area contributed by atoms with E-state index in [0.717, 1.165) is 17.0 Å². The summed E-state index contributed by atoms with van der Waals surface area (Å²) in [6.07, 6.45) is 0. The number of rotatable bonds is 5. The minimum Gasteiger partial charge on any atom is -0.496 e. The van der Waals surface area contributed by atoms with Crippen molar-refractivity contribution in [1.82, 2.24) is 5.32 Å². The lowest BCUT2D eigenvalue weighted by atomic mass is 10.2. The molecule has 0 unspecified atom stereocenters. The van der Waals surface area contributed by atoms with E-state index in [1.807, 2.05) is 42.5 Å². The summed E-state index contributed by atoms with van der Waals surface area (Å²) in [5.74, 6) is -3.20. The van der Waals surface area contributed by atoms with Gasteiger partial charge in [0, 0.05) is 12.1 Å². The second-order valence-electron chi connectivity index (χ2n) is 6.07. The molecule has 0 aromatic heterocycles. The van der Waals surface area contributed by atoms with E-state index in [4.69, 9.17) is 24.5 Å². The van der Waals surface area contributed by atoms with Gasteiger partial charge in [0.05, 0.1) is 25.0 Å². The molecule has 0 bridgehead atoms. The average Bonchev–Trinajstić information content (AvgIpc) is 2.73. The smallest absolute Gasteiger partial charge is 0.414 e. The Morgan fingerprint density at radius 1 is 1.07 bits per heavy atom. The van der Waals surface area contributed by atoms with E-state index in [0.29, 0.717) is 12.2 Å². The van der Waals surface area contributed by atoms with Crippen LogP contribution in [0.15, 0.2) is 48.5 Å². The van der Waals surface area contributed by atoms with Gasteiger partial charge < -0.3 is 25.6 Å². The zero-order valence-electron chi connectivity index (χ0n) is 16.1. The van der Waals surface area contributed by atoms with Crippen LogP contribution in [0.1, 0.15) is 5.56 Å².